The Balaban J connectivity index is 0.000000212. The van der Waals surface area contributed by atoms with Crippen LogP contribution in [0.1, 0.15) is 20.7 Å². The van der Waals surface area contributed by atoms with Gasteiger partial charge in [-0.15, -0.1) is 25.3 Å². The molecule has 0 fully saturated rings. The second-order valence-corrected chi connectivity index (χ2v) is 6.11. The van der Waals surface area contributed by atoms with E-state index in [0.29, 0.717) is 32.9 Å². The Labute approximate surface area is 144 Å². The van der Waals surface area contributed by atoms with E-state index >= 15 is 0 Å². The van der Waals surface area contributed by atoms with E-state index in [1.165, 1.54) is 0 Å². The topological polar surface area (TPSA) is 70.2 Å². The normalized spacial score (nSPS) is 11.7. The molecule has 0 aliphatic carbocycles. The molecule has 0 saturated heterocycles. The average Bonchev–Trinajstić information content (AvgIpc) is 2.71. The summed E-state index contributed by atoms with van der Waals surface area (Å²) in [5.74, 6) is -0.601. The van der Waals surface area contributed by atoms with E-state index in [0.717, 1.165) is 0 Å². The lowest BCUT2D eigenvalue weighted by molar-refractivity contribution is 0.0879. The molecule has 3 N–H and O–H groups in total. The summed E-state index contributed by atoms with van der Waals surface area (Å²) in [6.07, 6.45) is 0. The van der Waals surface area contributed by atoms with Crippen molar-refractivity contribution in [2.45, 2.75) is 0 Å². The highest BCUT2D eigenvalue weighted by molar-refractivity contribution is 8.11. The molecular formula is C12H13N3O2S4. The number of amides is 2. The number of imide groups is 1. The summed E-state index contributed by atoms with van der Waals surface area (Å²) < 4.78 is 0.985. The Morgan fingerprint density at radius 1 is 0.952 bits per heavy atom. The van der Waals surface area contributed by atoms with Crippen molar-refractivity contribution in [3.05, 3.63) is 35.4 Å². The van der Waals surface area contributed by atoms with Gasteiger partial charge >= 0.3 is 0 Å². The predicted molar refractivity (Wildman–Crippen MR) is 97.4 cm³/mol. The minimum Gasteiger partial charge on any atom is -0.369 e. The highest BCUT2D eigenvalue weighted by Crippen LogP contribution is 2.13. The lowest BCUT2D eigenvalue weighted by Crippen LogP contribution is -2.29. The van der Waals surface area contributed by atoms with Gasteiger partial charge in [-0.05, 0) is 12.1 Å². The highest BCUT2D eigenvalue weighted by Gasteiger charge is 2.25. The Morgan fingerprint density at radius 3 is 1.67 bits per heavy atom. The van der Waals surface area contributed by atoms with E-state index in [4.69, 9.17) is 0 Å². The van der Waals surface area contributed by atoms with E-state index in [1.807, 2.05) is 0 Å². The Hall–Kier alpha value is -1.16. The van der Waals surface area contributed by atoms with Crippen molar-refractivity contribution in [1.82, 2.24) is 16.0 Å². The molecule has 0 unspecified atom stereocenters. The molecule has 1 aliphatic rings. The van der Waals surface area contributed by atoms with Crippen molar-refractivity contribution >= 4 is 70.1 Å². The van der Waals surface area contributed by atoms with Gasteiger partial charge in [-0.3, -0.25) is 14.9 Å². The number of carbonyl (C=O) groups excluding carboxylic acids is 2. The number of thiol groups is 2. The highest BCUT2D eigenvalue weighted by atomic mass is 32.1. The minimum atomic E-state index is -0.300. The third-order valence-corrected chi connectivity index (χ3v) is 2.93. The number of rotatable bonds is 3. The number of hydrogen-bond donors (Lipinski definition) is 5. The zero-order valence-corrected chi connectivity index (χ0v) is 14.2. The molecule has 0 bridgehead atoms. The zero-order chi connectivity index (χ0) is 15.8. The molecule has 0 spiro atoms. The standard InChI is InChI=1S/C8H5NO2.C4H8N2S4/c10-7-5-3-1-2-4-6(5)8(11)9-7;7-3(8)5-1-2-6-4(9)10/h1-4H,(H,9,10,11);1-2H2,(H2,5,7,8)(H2,6,9,10). The molecule has 5 nitrogen and oxygen atoms in total. The lowest BCUT2D eigenvalue weighted by Gasteiger charge is -2.03. The summed E-state index contributed by atoms with van der Waals surface area (Å²) in [6.45, 7) is 1.42. The van der Waals surface area contributed by atoms with Crippen molar-refractivity contribution < 1.29 is 9.59 Å². The molecule has 112 valence electrons. The number of thiocarbonyl (C=S) groups is 2. The maximum absolute atomic E-state index is 10.9. The first-order valence-corrected chi connectivity index (χ1v) is 7.51. The van der Waals surface area contributed by atoms with E-state index in [1.54, 1.807) is 24.3 Å². The van der Waals surface area contributed by atoms with Crippen molar-refractivity contribution in [3.8, 4) is 0 Å². The van der Waals surface area contributed by atoms with Crippen LogP contribution in [0.3, 0.4) is 0 Å². The fraction of sp³-hybridized carbons (Fsp3) is 0.167. The fourth-order valence-electron chi connectivity index (χ4n) is 1.46. The Kier molecular flexibility index (Phi) is 7.65. The first kappa shape index (κ1) is 17.9. The first-order valence-electron chi connectivity index (χ1n) is 5.80. The summed E-state index contributed by atoms with van der Waals surface area (Å²) in [6, 6.07) is 6.74. The van der Waals surface area contributed by atoms with Gasteiger partial charge in [0.05, 0.1) is 11.1 Å². The third-order valence-electron chi connectivity index (χ3n) is 2.32. The first-order chi connectivity index (χ1) is 9.91. The molecule has 0 atom stereocenters. The molecule has 0 saturated carbocycles. The van der Waals surface area contributed by atoms with Crippen LogP contribution in [-0.4, -0.2) is 33.5 Å². The molecule has 1 aliphatic heterocycles. The molecule has 0 radical (unpaired) electrons. The van der Waals surface area contributed by atoms with Crippen molar-refractivity contribution in [3.63, 3.8) is 0 Å². The van der Waals surface area contributed by atoms with Crippen LogP contribution in [0.15, 0.2) is 24.3 Å². The van der Waals surface area contributed by atoms with Crippen LogP contribution in [-0.2, 0) is 0 Å². The molecule has 9 heteroatoms. The van der Waals surface area contributed by atoms with Crippen molar-refractivity contribution in [2.75, 3.05) is 13.1 Å². The van der Waals surface area contributed by atoms with Gasteiger partial charge in [0.2, 0.25) is 0 Å². The number of carbonyl (C=O) groups is 2. The van der Waals surface area contributed by atoms with Gasteiger partial charge < -0.3 is 10.6 Å². The van der Waals surface area contributed by atoms with Gasteiger partial charge in [-0.2, -0.15) is 0 Å². The molecule has 1 heterocycles. The van der Waals surface area contributed by atoms with Gasteiger partial charge in [0.15, 0.2) is 0 Å². The van der Waals surface area contributed by atoms with Crippen molar-refractivity contribution in [2.24, 2.45) is 0 Å². The largest absolute Gasteiger partial charge is 0.369 e. The third kappa shape index (κ3) is 6.42. The number of benzene rings is 1. The van der Waals surface area contributed by atoms with Crippen LogP contribution in [0.2, 0.25) is 0 Å². The van der Waals surface area contributed by atoms with Gasteiger partial charge in [0.25, 0.3) is 11.8 Å². The lowest BCUT2D eigenvalue weighted by atomic mass is 10.1. The van der Waals surface area contributed by atoms with Gasteiger partial charge in [-0.1, -0.05) is 36.6 Å². The Bertz CT molecular complexity index is 528. The maximum atomic E-state index is 10.9. The zero-order valence-electron chi connectivity index (χ0n) is 10.8. The summed E-state index contributed by atoms with van der Waals surface area (Å²) in [5.41, 5.74) is 0.940. The van der Waals surface area contributed by atoms with Gasteiger partial charge in [-0.25, -0.2) is 0 Å². The maximum Gasteiger partial charge on any atom is 0.258 e. The fourth-order valence-corrected chi connectivity index (χ4v) is 1.88. The number of fused-ring (bicyclic) bond motifs is 1. The van der Waals surface area contributed by atoms with E-state index < -0.39 is 0 Å². The number of hydrogen-bond acceptors (Lipinski definition) is 4. The van der Waals surface area contributed by atoms with Crippen LogP contribution < -0.4 is 16.0 Å². The summed E-state index contributed by atoms with van der Waals surface area (Å²) >= 11 is 17.0. The van der Waals surface area contributed by atoms with E-state index in [2.05, 4.69) is 65.6 Å². The molecule has 2 amide bonds. The van der Waals surface area contributed by atoms with Crippen LogP contribution in [0, 0.1) is 0 Å². The molecule has 1 aromatic rings. The van der Waals surface area contributed by atoms with Crippen molar-refractivity contribution in [1.29, 1.82) is 0 Å². The summed E-state index contributed by atoms with van der Waals surface area (Å²) in [7, 11) is 0. The Morgan fingerprint density at radius 2 is 1.33 bits per heavy atom. The molecular weight excluding hydrogens is 346 g/mol. The van der Waals surface area contributed by atoms with Gasteiger partial charge in [0.1, 0.15) is 8.64 Å². The quantitative estimate of drug-likeness (QED) is 0.242. The van der Waals surface area contributed by atoms with Crippen LogP contribution >= 0.6 is 49.7 Å². The van der Waals surface area contributed by atoms with Crippen LogP contribution in [0.5, 0.6) is 0 Å². The molecule has 21 heavy (non-hydrogen) atoms. The predicted octanol–water partition coefficient (Wildman–Crippen LogP) is 1.17. The van der Waals surface area contributed by atoms with Gasteiger partial charge in [0, 0.05) is 13.1 Å². The summed E-state index contributed by atoms with van der Waals surface area (Å²) in [5, 5.41) is 7.89. The molecule has 2 rings (SSSR count). The van der Waals surface area contributed by atoms with E-state index in [9.17, 15) is 9.59 Å². The number of nitrogens with one attached hydrogen (secondary N) is 3. The molecule has 0 aromatic heterocycles. The second kappa shape index (κ2) is 8.98. The monoisotopic (exact) mass is 359 g/mol. The van der Waals surface area contributed by atoms with Crippen LogP contribution in [0.25, 0.3) is 0 Å². The second-order valence-electron chi connectivity index (χ2n) is 3.79. The van der Waals surface area contributed by atoms with E-state index in [-0.39, 0.29) is 11.8 Å². The summed E-state index contributed by atoms with van der Waals surface area (Å²) in [4.78, 5) is 21.9. The average molecular weight is 360 g/mol. The SMILES string of the molecule is O=C1NC(=O)c2ccccc21.S=C(S)NCCNC(=S)S. The van der Waals surface area contributed by atoms with Crippen LogP contribution in [0.4, 0.5) is 0 Å². The minimum absolute atomic E-state index is 0.300. The molecule has 1 aromatic carbocycles. The smallest absolute Gasteiger partial charge is 0.258 e.